The summed E-state index contributed by atoms with van der Waals surface area (Å²) in [5, 5.41) is 2.80. The zero-order valence-corrected chi connectivity index (χ0v) is 16.2. The Balaban J connectivity index is 1.91. The predicted molar refractivity (Wildman–Crippen MR) is 101 cm³/mol. The highest BCUT2D eigenvalue weighted by atomic mass is 16.6. The van der Waals surface area contributed by atoms with Crippen molar-refractivity contribution >= 4 is 29.3 Å². The van der Waals surface area contributed by atoms with Crippen molar-refractivity contribution in [3.8, 4) is 0 Å². The van der Waals surface area contributed by atoms with Crippen LogP contribution in [-0.4, -0.2) is 48.7 Å². The lowest BCUT2D eigenvalue weighted by Crippen LogP contribution is -2.43. The number of nitrogens with two attached hydrogens (primary N) is 1. The van der Waals surface area contributed by atoms with Gasteiger partial charge in [-0.15, -0.1) is 0 Å². The number of esters is 1. The van der Waals surface area contributed by atoms with Crippen LogP contribution in [0.1, 0.15) is 44.0 Å². The second-order valence-corrected chi connectivity index (χ2v) is 7.52. The molecule has 1 saturated heterocycles. The number of carbonyl (C=O) groups excluding carboxylic acids is 3. The van der Waals surface area contributed by atoms with Gasteiger partial charge in [-0.3, -0.25) is 4.79 Å². The molecule has 0 unspecified atom stereocenters. The second kappa shape index (κ2) is 8.28. The molecule has 0 bridgehead atoms. The standard InChI is InChI=1S/C19H27N3O5/c1-19(2,3)27-18(25)22-9-7-12(8-10-22)16(23)21-15-6-5-13(11-14(15)20)17(24)26-4/h5-6,11-12H,7-10,20H2,1-4H3,(H,21,23). The van der Waals surface area contributed by atoms with Crippen molar-refractivity contribution in [2.45, 2.75) is 39.2 Å². The largest absolute Gasteiger partial charge is 0.465 e. The van der Waals surface area contributed by atoms with Gasteiger partial charge in [0, 0.05) is 19.0 Å². The number of methoxy groups -OCH3 is 1. The number of nitrogens with zero attached hydrogens (tertiary/aromatic N) is 1. The van der Waals surface area contributed by atoms with Crippen LogP contribution in [0.25, 0.3) is 0 Å². The van der Waals surface area contributed by atoms with Crippen LogP contribution in [0.15, 0.2) is 18.2 Å². The molecule has 148 valence electrons. The van der Waals surface area contributed by atoms with Crippen molar-refractivity contribution in [3.05, 3.63) is 23.8 Å². The van der Waals surface area contributed by atoms with E-state index >= 15 is 0 Å². The summed E-state index contributed by atoms with van der Waals surface area (Å²) in [6.07, 6.45) is 0.736. The maximum absolute atomic E-state index is 12.5. The molecule has 8 nitrogen and oxygen atoms in total. The first-order chi connectivity index (χ1) is 12.6. The van der Waals surface area contributed by atoms with Gasteiger partial charge in [-0.1, -0.05) is 0 Å². The van der Waals surface area contributed by atoms with E-state index in [1.54, 1.807) is 17.0 Å². The van der Waals surface area contributed by atoms with Gasteiger partial charge in [-0.25, -0.2) is 9.59 Å². The molecule has 1 heterocycles. The predicted octanol–water partition coefficient (Wildman–Crippen LogP) is 2.64. The fourth-order valence-electron chi connectivity index (χ4n) is 2.81. The van der Waals surface area contributed by atoms with Crippen LogP contribution in [-0.2, 0) is 14.3 Å². The topological polar surface area (TPSA) is 111 Å². The van der Waals surface area contributed by atoms with Crippen molar-refractivity contribution in [1.29, 1.82) is 0 Å². The molecule has 1 aromatic carbocycles. The Morgan fingerprint density at radius 2 is 1.81 bits per heavy atom. The second-order valence-electron chi connectivity index (χ2n) is 7.52. The number of rotatable bonds is 3. The van der Waals surface area contributed by atoms with E-state index in [9.17, 15) is 14.4 Å². The average molecular weight is 377 g/mol. The molecule has 1 fully saturated rings. The number of ether oxygens (including phenoxy) is 2. The molecule has 27 heavy (non-hydrogen) atoms. The summed E-state index contributed by atoms with van der Waals surface area (Å²) in [6.45, 7) is 6.39. The van der Waals surface area contributed by atoms with Crippen LogP contribution >= 0.6 is 0 Å². The number of likely N-dealkylation sites (tertiary alicyclic amines) is 1. The van der Waals surface area contributed by atoms with Crippen molar-refractivity contribution < 1.29 is 23.9 Å². The van der Waals surface area contributed by atoms with Gasteiger partial charge >= 0.3 is 12.1 Å². The summed E-state index contributed by atoms with van der Waals surface area (Å²) in [7, 11) is 1.29. The first-order valence-corrected chi connectivity index (χ1v) is 8.87. The quantitative estimate of drug-likeness (QED) is 0.619. The number of nitrogen functional groups attached to an aromatic ring is 1. The summed E-state index contributed by atoms with van der Waals surface area (Å²) < 4.78 is 10.00. The third kappa shape index (κ3) is 5.60. The number of hydrogen-bond acceptors (Lipinski definition) is 6. The smallest absolute Gasteiger partial charge is 0.410 e. The molecule has 1 aliphatic heterocycles. The zero-order chi connectivity index (χ0) is 20.2. The SMILES string of the molecule is COC(=O)c1ccc(NC(=O)C2CCN(C(=O)OC(C)(C)C)CC2)c(N)c1. The van der Waals surface area contributed by atoms with Gasteiger partial charge in [0.1, 0.15) is 5.60 Å². The fraction of sp³-hybridized carbons (Fsp3) is 0.526. The number of amides is 2. The lowest BCUT2D eigenvalue weighted by atomic mass is 9.96. The Morgan fingerprint density at radius 1 is 1.19 bits per heavy atom. The molecule has 0 radical (unpaired) electrons. The molecule has 1 aromatic rings. The molecule has 8 heteroatoms. The van der Waals surface area contributed by atoms with Crippen molar-refractivity contribution in [1.82, 2.24) is 4.90 Å². The highest BCUT2D eigenvalue weighted by Crippen LogP contribution is 2.24. The van der Waals surface area contributed by atoms with Crippen LogP contribution < -0.4 is 11.1 Å². The molecule has 0 spiro atoms. The van der Waals surface area contributed by atoms with Gasteiger partial charge in [0.05, 0.1) is 24.0 Å². The Kier molecular flexibility index (Phi) is 6.30. The van der Waals surface area contributed by atoms with E-state index in [1.807, 2.05) is 20.8 Å². The molecule has 3 N–H and O–H groups in total. The van der Waals surface area contributed by atoms with Gasteiger partial charge in [-0.2, -0.15) is 0 Å². The van der Waals surface area contributed by atoms with Gasteiger partial charge in [0.15, 0.2) is 0 Å². The minimum Gasteiger partial charge on any atom is -0.465 e. The first-order valence-electron chi connectivity index (χ1n) is 8.87. The number of carbonyl (C=O) groups is 3. The van der Waals surface area contributed by atoms with E-state index in [-0.39, 0.29) is 23.6 Å². The Bertz CT molecular complexity index is 719. The van der Waals surface area contributed by atoms with Crippen LogP contribution in [0.5, 0.6) is 0 Å². The maximum Gasteiger partial charge on any atom is 0.410 e. The average Bonchev–Trinajstić information content (AvgIpc) is 2.61. The number of nitrogens with one attached hydrogen (secondary N) is 1. The highest BCUT2D eigenvalue weighted by Gasteiger charge is 2.30. The monoisotopic (exact) mass is 377 g/mol. The van der Waals surface area contributed by atoms with E-state index in [0.717, 1.165) is 0 Å². The molecular formula is C19H27N3O5. The summed E-state index contributed by atoms with van der Waals surface area (Å²) in [6, 6.07) is 4.59. The van der Waals surface area contributed by atoms with Crippen LogP contribution in [0, 0.1) is 5.92 Å². The zero-order valence-electron chi connectivity index (χ0n) is 16.2. The van der Waals surface area contributed by atoms with Crippen LogP contribution in [0.3, 0.4) is 0 Å². The van der Waals surface area contributed by atoms with Crippen molar-refractivity contribution in [3.63, 3.8) is 0 Å². The van der Waals surface area contributed by atoms with E-state index in [4.69, 9.17) is 10.5 Å². The van der Waals surface area contributed by atoms with E-state index in [2.05, 4.69) is 10.1 Å². The lowest BCUT2D eigenvalue weighted by molar-refractivity contribution is -0.121. The number of anilines is 2. The van der Waals surface area contributed by atoms with Crippen LogP contribution in [0.2, 0.25) is 0 Å². The summed E-state index contributed by atoms with van der Waals surface area (Å²) in [5.74, 6) is -0.867. The third-order valence-electron chi connectivity index (χ3n) is 4.25. The normalized spacial score (nSPS) is 15.2. The van der Waals surface area contributed by atoms with Gasteiger partial charge in [0.2, 0.25) is 5.91 Å². The van der Waals surface area contributed by atoms with E-state index in [0.29, 0.717) is 37.2 Å². The molecule has 1 aliphatic rings. The highest BCUT2D eigenvalue weighted by molar-refractivity contribution is 5.97. The number of hydrogen-bond donors (Lipinski definition) is 2. The van der Waals surface area contributed by atoms with Gasteiger partial charge < -0.3 is 25.4 Å². The first kappa shape index (κ1) is 20.5. The molecule has 2 rings (SSSR count). The number of benzene rings is 1. The molecule has 0 saturated carbocycles. The minimum atomic E-state index is -0.542. The third-order valence-corrected chi connectivity index (χ3v) is 4.25. The molecular weight excluding hydrogens is 350 g/mol. The molecule has 0 aliphatic carbocycles. The van der Waals surface area contributed by atoms with E-state index < -0.39 is 11.6 Å². The van der Waals surface area contributed by atoms with Crippen molar-refractivity contribution in [2.75, 3.05) is 31.2 Å². The Hall–Kier alpha value is -2.77. The van der Waals surface area contributed by atoms with Crippen LogP contribution in [0.4, 0.5) is 16.2 Å². The Labute approximate surface area is 159 Å². The summed E-state index contributed by atoms with van der Waals surface area (Å²) in [5.41, 5.74) is 6.43. The lowest BCUT2D eigenvalue weighted by Gasteiger charge is -2.33. The fourth-order valence-corrected chi connectivity index (χ4v) is 2.81. The van der Waals surface area contributed by atoms with E-state index in [1.165, 1.54) is 13.2 Å². The molecule has 0 aromatic heterocycles. The minimum absolute atomic E-state index is 0.156. The molecule has 2 amide bonds. The summed E-state index contributed by atoms with van der Waals surface area (Å²) >= 11 is 0. The van der Waals surface area contributed by atoms with Gasteiger partial charge in [-0.05, 0) is 51.8 Å². The Morgan fingerprint density at radius 3 is 2.33 bits per heavy atom. The van der Waals surface area contributed by atoms with Gasteiger partial charge in [0.25, 0.3) is 0 Å². The van der Waals surface area contributed by atoms with Crippen molar-refractivity contribution in [2.24, 2.45) is 5.92 Å². The summed E-state index contributed by atoms with van der Waals surface area (Å²) in [4.78, 5) is 37.7. The maximum atomic E-state index is 12.5. The number of piperidine rings is 1. The molecule has 0 atom stereocenters.